The van der Waals surface area contributed by atoms with E-state index in [0.717, 1.165) is 19.0 Å². The van der Waals surface area contributed by atoms with Crippen molar-refractivity contribution >= 4 is 34.8 Å². The number of carbonyl (C=O) groups is 2. The van der Waals surface area contributed by atoms with Gasteiger partial charge in [-0.15, -0.1) is 0 Å². The maximum Gasteiger partial charge on any atom is 0.255 e. The number of amides is 2. The third kappa shape index (κ3) is 4.61. The predicted molar refractivity (Wildman–Crippen MR) is 107 cm³/mol. The molecular formula is C20H21ClFN3O3. The maximum atomic E-state index is 14.1. The Morgan fingerprint density at radius 2 is 2.04 bits per heavy atom. The fourth-order valence-electron chi connectivity index (χ4n) is 3.17. The minimum Gasteiger partial charge on any atom is -0.495 e. The van der Waals surface area contributed by atoms with Gasteiger partial charge in [0.05, 0.1) is 18.1 Å². The summed E-state index contributed by atoms with van der Waals surface area (Å²) in [6.07, 6.45) is 0.747. The van der Waals surface area contributed by atoms with Gasteiger partial charge in [-0.3, -0.25) is 9.59 Å². The van der Waals surface area contributed by atoms with Gasteiger partial charge >= 0.3 is 0 Å². The number of para-hydroxylation sites is 1. The lowest BCUT2D eigenvalue weighted by atomic mass is 10.1. The first-order valence-electron chi connectivity index (χ1n) is 8.81. The van der Waals surface area contributed by atoms with Crippen molar-refractivity contribution in [1.82, 2.24) is 4.90 Å². The summed E-state index contributed by atoms with van der Waals surface area (Å²) in [7, 11) is 3.40. The minimum absolute atomic E-state index is 0.0563. The molecular weight excluding hydrogens is 385 g/mol. The number of rotatable bonds is 5. The van der Waals surface area contributed by atoms with Crippen molar-refractivity contribution in [3.05, 3.63) is 52.8 Å². The number of halogens is 2. The zero-order valence-electron chi connectivity index (χ0n) is 15.6. The Bertz CT molecular complexity index is 906. The molecule has 0 aromatic heterocycles. The van der Waals surface area contributed by atoms with E-state index >= 15 is 0 Å². The molecule has 1 atom stereocenters. The van der Waals surface area contributed by atoms with Crippen molar-refractivity contribution in [2.45, 2.75) is 6.42 Å². The summed E-state index contributed by atoms with van der Waals surface area (Å²) in [5, 5.41) is 5.63. The molecule has 148 valence electrons. The molecule has 1 aliphatic heterocycles. The van der Waals surface area contributed by atoms with Crippen LogP contribution in [0.3, 0.4) is 0 Å². The van der Waals surface area contributed by atoms with Gasteiger partial charge in [-0.2, -0.15) is 0 Å². The zero-order valence-corrected chi connectivity index (χ0v) is 16.3. The van der Waals surface area contributed by atoms with E-state index in [1.807, 2.05) is 7.05 Å². The summed E-state index contributed by atoms with van der Waals surface area (Å²) in [4.78, 5) is 27.1. The van der Waals surface area contributed by atoms with Crippen LogP contribution in [0.1, 0.15) is 16.8 Å². The minimum atomic E-state index is -0.627. The van der Waals surface area contributed by atoms with Crippen LogP contribution in [0, 0.1) is 11.7 Å². The Labute approximate surface area is 167 Å². The smallest absolute Gasteiger partial charge is 0.255 e. The normalized spacial score (nSPS) is 16.6. The molecule has 0 saturated carbocycles. The van der Waals surface area contributed by atoms with E-state index in [-0.39, 0.29) is 23.1 Å². The van der Waals surface area contributed by atoms with E-state index < -0.39 is 11.7 Å². The monoisotopic (exact) mass is 405 g/mol. The molecule has 0 aliphatic carbocycles. The average molecular weight is 406 g/mol. The van der Waals surface area contributed by atoms with Gasteiger partial charge in [-0.25, -0.2) is 4.39 Å². The van der Waals surface area contributed by atoms with Crippen LogP contribution in [0.2, 0.25) is 5.02 Å². The molecule has 0 spiro atoms. The van der Waals surface area contributed by atoms with Crippen molar-refractivity contribution in [2.75, 3.05) is 37.9 Å². The molecule has 1 heterocycles. The fraction of sp³-hybridized carbons (Fsp3) is 0.300. The van der Waals surface area contributed by atoms with Crippen LogP contribution in [-0.2, 0) is 4.79 Å². The molecule has 2 N–H and O–H groups in total. The molecule has 0 radical (unpaired) electrons. The van der Waals surface area contributed by atoms with Gasteiger partial charge in [0.1, 0.15) is 17.3 Å². The first-order valence-corrected chi connectivity index (χ1v) is 9.19. The highest BCUT2D eigenvalue weighted by Crippen LogP contribution is 2.32. The third-order valence-corrected chi connectivity index (χ3v) is 4.94. The largest absolute Gasteiger partial charge is 0.495 e. The topological polar surface area (TPSA) is 70.7 Å². The van der Waals surface area contributed by atoms with Gasteiger partial charge < -0.3 is 20.3 Å². The standard InChI is InChI=1S/C20H21ClFN3O3/c1-25-7-6-12(11-25)19(26)23-15-9-13(8-14(22)10-15)20(27)24-18-16(21)4-3-5-17(18)28-2/h3-5,8-10,12H,6-7,11H2,1-2H3,(H,23,26)(H,24,27). The molecule has 1 aliphatic rings. The maximum absolute atomic E-state index is 14.1. The number of likely N-dealkylation sites (tertiary alicyclic amines) is 1. The van der Waals surface area contributed by atoms with Crippen LogP contribution in [0.15, 0.2) is 36.4 Å². The summed E-state index contributed by atoms with van der Waals surface area (Å²) < 4.78 is 19.2. The average Bonchev–Trinajstić information content (AvgIpc) is 3.09. The number of hydrogen-bond donors (Lipinski definition) is 2. The molecule has 2 aromatic rings. The van der Waals surface area contributed by atoms with E-state index in [2.05, 4.69) is 15.5 Å². The lowest BCUT2D eigenvalue weighted by molar-refractivity contribution is -0.119. The molecule has 1 unspecified atom stereocenters. The molecule has 6 nitrogen and oxygen atoms in total. The van der Waals surface area contributed by atoms with Gasteiger partial charge in [0.15, 0.2) is 0 Å². The van der Waals surface area contributed by atoms with Crippen LogP contribution < -0.4 is 15.4 Å². The molecule has 1 fully saturated rings. The summed E-state index contributed by atoms with van der Waals surface area (Å²) in [6, 6.07) is 8.65. The van der Waals surface area contributed by atoms with Crippen LogP contribution in [0.25, 0.3) is 0 Å². The van der Waals surface area contributed by atoms with E-state index in [9.17, 15) is 14.0 Å². The number of benzene rings is 2. The zero-order chi connectivity index (χ0) is 20.3. The van der Waals surface area contributed by atoms with Crippen LogP contribution in [0.5, 0.6) is 5.75 Å². The fourth-order valence-corrected chi connectivity index (χ4v) is 3.38. The lowest BCUT2D eigenvalue weighted by Crippen LogP contribution is -2.25. The van der Waals surface area contributed by atoms with Crippen molar-refractivity contribution < 1.29 is 18.7 Å². The van der Waals surface area contributed by atoms with Crippen molar-refractivity contribution in [3.8, 4) is 5.75 Å². The first kappa shape index (κ1) is 20.1. The summed E-state index contributed by atoms with van der Waals surface area (Å²) in [6.45, 7) is 1.50. The molecule has 2 aromatic carbocycles. The second kappa shape index (κ2) is 8.58. The Morgan fingerprint density at radius 1 is 1.25 bits per heavy atom. The molecule has 1 saturated heterocycles. The Balaban J connectivity index is 1.77. The van der Waals surface area contributed by atoms with Gasteiger partial charge in [0, 0.05) is 17.8 Å². The van der Waals surface area contributed by atoms with E-state index in [1.165, 1.54) is 19.2 Å². The number of hydrogen-bond acceptors (Lipinski definition) is 4. The number of ether oxygens (including phenoxy) is 1. The first-order chi connectivity index (χ1) is 13.4. The Hall–Kier alpha value is -2.64. The number of anilines is 2. The number of carbonyl (C=O) groups excluding carboxylic acids is 2. The van der Waals surface area contributed by atoms with Crippen LogP contribution in [-0.4, -0.2) is 44.0 Å². The number of nitrogens with one attached hydrogen (secondary N) is 2. The third-order valence-electron chi connectivity index (χ3n) is 4.62. The van der Waals surface area contributed by atoms with Crippen molar-refractivity contribution in [2.24, 2.45) is 5.92 Å². The van der Waals surface area contributed by atoms with Crippen molar-refractivity contribution in [3.63, 3.8) is 0 Å². The second-order valence-electron chi connectivity index (χ2n) is 6.74. The highest BCUT2D eigenvalue weighted by Gasteiger charge is 2.26. The molecule has 28 heavy (non-hydrogen) atoms. The van der Waals surface area contributed by atoms with Gasteiger partial charge in [0.25, 0.3) is 5.91 Å². The summed E-state index contributed by atoms with van der Waals surface area (Å²) >= 11 is 6.13. The quantitative estimate of drug-likeness (QED) is 0.796. The van der Waals surface area contributed by atoms with Crippen LogP contribution >= 0.6 is 11.6 Å². The predicted octanol–water partition coefficient (Wildman–Crippen LogP) is 3.63. The van der Waals surface area contributed by atoms with E-state index in [1.54, 1.807) is 18.2 Å². The van der Waals surface area contributed by atoms with E-state index in [4.69, 9.17) is 16.3 Å². The van der Waals surface area contributed by atoms with Gasteiger partial charge in [-0.05, 0) is 50.3 Å². The number of methoxy groups -OCH3 is 1. The Kier molecular flexibility index (Phi) is 6.16. The SMILES string of the molecule is COc1cccc(Cl)c1NC(=O)c1cc(F)cc(NC(=O)C2CCN(C)C2)c1. The van der Waals surface area contributed by atoms with Gasteiger partial charge in [0.2, 0.25) is 5.91 Å². The summed E-state index contributed by atoms with van der Waals surface area (Å²) in [5.74, 6) is -1.15. The highest BCUT2D eigenvalue weighted by atomic mass is 35.5. The molecule has 8 heteroatoms. The molecule has 0 bridgehead atoms. The molecule has 2 amide bonds. The highest BCUT2D eigenvalue weighted by molar-refractivity contribution is 6.34. The number of nitrogens with zero attached hydrogens (tertiary/aromatic N) is 1. The van der Waals surface area contributed by atoms with E-state index in [0.29, 0.717) is 23.0 Å². The second-order valence-corrected chi connectivity index (χ2v) is 7.14. The van der Waals surface area contributed by atoms with Crippen LogP contribution in [0.4, 0.5) is 15.8 Å². The lowest BCUT2D eigenvalue weighted by Gasteiger charge is -2.14. The summed E-state index contributed by atoms with van der Waals surface area (Å²) in [5.41, 5.74) is 0.581. The van der Waals surface area contributed by atoms with Gasteiger partial charge in [-0.1, -0.05) is 17.7 Å². The molecule has 3 rings (SSSR count). The van der Waals surface area contributed by atoms with Crippen molar-refractivity contribution in [1.29, 1.82) is 0 Å². The Morgan fingerprint density at radius 3 is 2.71 bits per heavy atom.